The first kappa shape index (κ1) is 16.5. The summed E-state index contributed by atoms with van der Waals surface area (Å²) in [6, 6.07) is 9.87. The van der Waals surface area contributed by atoms with Gasteiger partial charge in [0.2, 0.25) is 0 Å². The number of nitrogens with zero attached hydrogens (tertiary/aromatic N) is 2. The van der Waals surface area contributed by atoms with Crippen molar-refractivity contribution in [3.05, 3.63) is 42.2 Å². The molecule has 0 spiro atoms. The monoisotopic (exact) mass is 328 g/mol. The number of benzene rings is 1. The van der Waals surface area contributed by atoms with Gasteiger partial charge in [-0.1, -0.05) is 32.0 Å². The fourth-order valence-corrected chi connectivity index (χ4v) is 2.62. The number of carbonyl (C=O) groups excluding carboxylic acids is 1. The van der Waals surface area contributed by atoms with E-state index in [9.17, 15) is 4.79 Å². The molecule has 1 aliphatic heterocycles. The fraction of sp³-hybridized carbons (Fsp3) is 0.444. The zero-order valence-corrected chi connectivity index (χ0v) is 14.2. The van der Waals surface area contributed by atoms with Gasteiger partial charge in [0.15, 0.2) is 11.4 Å². The lowest BCUT2D eigenvalue weighted by atomic mass is 10.2. The van der Waals surface area contributed by atoms with Crippen molar-refractivity contribution < 1.29 is 9.53 Å². The minimum atomic E-state index is -0.183. The molecule has 1 aromatic carbocycles. The molecule has 0 radical (unpaired) electrons. The summed E-state index contributed by atoms with van der Waals surface area (Å²) < 4.78 is 7.52. The Kier molecular flexibility index (Phi) is 5.15. The highest BCUT2D eigenvalue weighted by Crippen LogP contribution is 2.21. The molecule has 1 aliphatic rings. The third-order valence-electron chi connectivity index (χ3n) is 3.88. The largest absolute Gasteiger partial charge is 0.489 e. The Labute approximate surface area is 142 Å². The summed E-state index contributed by atoms with van der Waals surface area (Å²) >= 11 is 0. The SMILES string of the molecule is CC(C)COc1cn(-c2ccccc2)nc1C(=O)NC1CCNC1. The number of para-hydroxylation sites is 1. The van der Waals surface area contributed by atoms with E-state index in [1.165, 1.54) is 0 Å². The van der Waals surface area contributed by atoms with Crippen LogP contribution in [0.5, 0.6) is 5.75 Å². The summed E-state index contributed by atoms with van der Waals surface area (Å²) in [4.78, 5) is 12.6. The molecule has 24 heavy (non-hydrogen) atoms. The number of nitrogens with one attached hydrogen (secondary N) is 2. The van der Waals surface area contributed by atoms with E-state index < -0.39 is 0 Å². The molecule has 0 bridgehead atoms. The Balaban J connectivity index is 1.84. The lowest BCUT2D eigenvalue weighted by Gasteiger charge is -2.11. The van der Waals surface area contributed by atoms with E-state index >= 15 is 0 Å². The first-order valence-corrected chi connectivity index (χ1v) is 8.43. The number of ether oxygens (including phenoxy) is 1. The van der Waals surface area contributed by atoms with Crippen LogP contribution in [0.4, 0.5) is 0 Å². The molecule has 1 atom stereocenters. The van der Waals surface area contributed by atoms with Crippen LogP contribution >= 0.6 is 0 Å². The number of rotatable bonds is 6. The molecule has 1 amide bonds. The molecule has 2 heterocycles. The fourth-order valence-electron chi connectivity index (χ4n) is 2.62. The third kappa shape index (κ3) is 3.94. The van der Waals surface area contributed by atoms with E-state index in [4.69, 9.17) is 4.74 Å². The van der Waals surface area contributed by atoms with Gasteiger partial charge < -0.3 is 15.4 Å². The quantitative estimate of drug-likeness (QED) is 0.851. The Morgan fingerprint density at radius 2 is 2.21 bits per heavy atom. The Morgan fingerprint density at radius 1 is 1.42 bits per heavy atom. The molecule has 1 saturated heterocycles. The van der Waals surface area contributed by atoms with Crippen molar-refractivity contribution in [1.29, 1.82) is 0 Å². The first-order chi connectivity index (χ1) is 11.6. The number of amides is 1. The summed E-state index contributed by atoms with van der Waals surface area (Å²) in [6.07, 6.45) is 2.72. The molecule has 3 rings (SSSR count). The Bertz CT molecular complexity index is 676. The van der Waals surface area contributed by atoms with Crippen molar-refractivity contribution in [1.82, 2.24) is 20.4 Å². The number of carbonyl (C=O) groups is 1. The summed E-state index contributed by atoms with van der Waals surface area (Å²) in [5.41, 5.74) is 1.24. The van der Waals surface area contributed by atoms with Gasteiger partial charge in [-0.15, -0.1) is 0 Å². The highest BCUT2D eigenvalue weighted by molar-refractivity contribution is 5.95. The van der Waals surface area contributed by atoms with Gasteiger partial charge in [0.05, 0.1) is 18.5 Å². The van der Waals surface area contributed by atoms with Crippen LogP contribution in [0.25, 0.3) is 5.69 Å². The Morgan fingerprint density at radius 3 is 2.88 bits per heavy atom. The number of hydrogen-bond acceptors (Lipinski definition) is 4. The highest BCUT2D eigenvalue weighted by Gasteiger charge is 2.23. The summed E-state index contributed by atoms with van der Waals surface area (Å²) in [6.45, 7) is 6.43. The first-order valence-electron chi connectivity index (χ1n) is 8.43. The van der Waals surface area contributed by atoms with Crippen LogP contribution in [-0.4, -0.2) is 41.4 Å². The average molecular weight is 328 g/mol. The van der Waals surface area contributed by atoms with E-state index in [1.807, 2.05) is 30.3 Å². The standard InChI is InChI=1S/C18H24N4O2/c1-13(2)12-24-16-11-22(15-6-4-3-5-7-15)21-17(16)18(23)20-14-8-9-19-10-14/h3-7,11,13-14,19H,8-10,12H2,1-2H3,(H,20,23). The minimum Gasteiger partial charge on any atom is -0.489 e. The van der Waals surface area contributed by atoms with Gasteiger partial charge in [-0.3, -0.25) is 4.79 Å². The molecule has 2 N–H and O–H groups in total. The van der Waals surface area contributed by atoms with Gasteiger partial charge in [-0.25, -0.2) is 4.68 Å². The van der Waals surface area contributed by atoms with E-state index in [2.05, 4.69) is 29.6 Å². The second-order valence-electron chi connectivity index (χ2n) is 6.49. The molecule has 128 valence electrons. The maximum absolute atomic E-state index is 12.6. The highest BCUT2D eigenvalue weighted by atomic mass is 16.5. The number of hydrogen-bond donors (Lipinski definition) is 2. The predicted octanol–water partition coefficient (Wildman–Crippen LogP) is 2.00. The zero-order chi connectivity index (χ0) is 16.9. The predicted molar refractivity (Wildman–Crippen MR) is 92.6 cm³/mol. The maximum atomic E-state index is 12.6. The molecule has 0 aliphatic carbocycles. The van der Waals surface area contributed by atoms with Crippen molar-refractivity contribution in [2.24, 2.45) is 5.92 Å². The topological polar surface area (TPSA) is 68.2 Å². The molecule has 1 fully saturated rings. The molecule has 6 heteroatoms. The third-order valence-corrected chi connectivity index (χ3v) is 3.88. The normalized spacial score (nSPS) is 17.2. The van der Waals surface area contributed by atoms with Crippen molar-refractivity contribution in [2.45, 2.75) is 26.3 Å². The van der Waals surface area contributed by atoms with Gasteiger partial charge in [0.25, 0.3) is 5.91 Å². The zero-order valence-electron chi connectivity index (χ0n) is 14.2. The van der Waals surface area contributed by atoms with Crippen LogP contribution in [0.2, 0.25) is 0 Å². The molecular weight excluding hydrogens is 304 g/mol. The smallest absolute Gasteiger partial charge is 0.275 e. The maximum Gasteiger partial charge on any atom is 0.275 e. The van der Waals surface area contributed by atoms with Crippen LogP contribution in [0.15, 0.2) is 36.5 Å². The van der Waals surface area contributed by atoms with Crippen LogP contribution in [0, 0.1) is 5.92 Å². The van der Waals surface area contributed by atoms with Crippen molar-refractivity contribution >= 4 is 5.91 Å². The van der Waals surface area contributed by atoms with Gasteiger partial charge in [-0.2, -0.15) is 5.10 Å². The molecular formula is C18H24N4O2. The molecule has 6 nitrogen and oxygen atoms in total. The second-order valence-corrected chi connectivity index (χ2v) is 6.49. The number of aromatic nitrogens is 2. The summed E-state index contributed by atoms with van der Waals surface area (Å²) in [5.74, 6) is 0.716. The van der Waals surface area contributed by atoms with Gasteiger partial charge in [0, 0.05) is 12.6 Å². The van der Waals surface area contributed by atoms with Crippen molar-refractivity contribution in [2.75, 3.05) is 19.7 Å². The molecule has 1 unspecified atom stereocenters. The molecule has 2 aromatic rings. The van der Waals surface area contributed by atoms with Crippen LogP contribution in [-0.2, 0) is 0 Å². The second kappa shape index (κ2) is 7.49. The van der Waals surface area contributed by atoms with E-state index in [0.717, 1.165) is 25.2 Å². The van der Waals surface area contributed by atoms with Crippen molar-refractivity contribution in [3.8, 4) is 11.4 Å². The van der Waals surface area contributed by atoms with Crippen LogP contribution in [0.3, 0.4) is 0 Å². The van der Waals surface area contributed by atoms with Gasteiger partial charge >= 0.3 is 0 Å². The van der Waals surface area contributed by atoms with Gasteiger partial charge in [0.1, 0.15) is 0 Å². The molecule has 0 saturated carbocycles. The van der Waals surface area contributed by atoms with E-state index in [0.29, 0.717) is 24.0 Å². The van der Waals surface area contributed by atoms with E-state index in [-0.39, 0.29) is 11.9 Å². The van der Waals surface area contributed by atoms with Crippen LogP contribution in [0.1, 0.15) is 30.8 Å². The average Bonchev–Trinajstić information content (AvgIpc) is 3.23. The summed E-state index contributed by atoms with van der Waals surface area (Å²) in [7, 11) is 0. The van der Waals surface area contributed by atoms with Gasteiger partial charge in [-0.05, 0) is 31.0 Å². The Hall–Kier alpha value is -2.34. The van der Waals surface area contributed by atoms with E-state index in [1.54, 1.807) is 10.9 Å². The molecule has 1 aromatic heterocycles. The lowest BCUT2D eigenvalue weighted by molar-refractivity contribution is 0.0930. The lowest BCUT2D eigenvalue weighted by Crippen LogP contribution is -2.36. The van der Waals surface area contributed by atoms with Crippen molar-refractivity contribution in [3.63, 3.8) is 0 Å². The van der Waals surface area contributed by atoms with Crippen LogP contribution < -0.4 is 15.4 Å². The minimum absolute atomic E-state index is 0.150. The summed E-state index contributed by atoms with van der Waals surface area (Å²) in [5, 5.41) is 10.7.